The van der Waals surface area contributed by atoms with Gasteiger partial charge >= 0.3 is 0 Å². The van der Waals surface area contributed by atoms with Crippen LogP contribution in [-0.4, -0.2) is 40.4 Å². The van der Waals surface area contributed by atoms with Crippen LogP contribution in [0.15, 0.2) is 6.20 Å². The molecule has 3 aliphatic carbocycles. The summed E-state index contributed by atoms with van der Waals surface area (Å²) in [6, 6.07) is 0.481. The molecule has 6 rings (SSSR count). The first kappa shape index (κ1) is 20.4. The molecule has 0 radical (unpaired) electrons. The van der Waals surface area contributed by atoms with Crippen LogP contribution < -0.4 is 15.5 Å². The summed E-state index contributed by atoms with van der Waals surface area (Å²) in [4.78, 5) is 38.1. The van der Waals surface area contributed by atoms with Gasteiger partial charge in [-0.05, 0) is 55.3 Å². The maximum atomic E-state index is 13.8. The van der Waals surface area contributed by atoms with Gasteiger partial charge < -0.3 is 10.6 Å². The predicted molar refractivity (Wildman–Crippen MR) is 122 cm³/mol. The Morgan fingerprint density at radius 2 is 1.91 bits per heavy atom. The molecule has 0 aromatic carbocycles. The zero-order valence-electron chi connectivity index (χ0n) is 19.5. The molecule has 7 heteroatoms. The molecule has 4 fully saturated rings. The lowest BCUT2D eigenvalue weighted by molar-refractivity contribution is -0.140. The van der Waals surface area contributed by atoms with Crippen LogP contribution in [0.5, 0.6) is 0 Å². The van der Waals surface area contributed by atoms with Crippen molar-refractivity contribution < 1.29 is 9.59 Å². The Balaban J connectivity index is 1.36. The van der Waals surface area contributed by atoms with Crippen molar-refractivity contribution in [1.29, 1.82) is 0 Å². The fraction of sp³-hybridized carbons (Fsp3) is 0.760. The first-order valence-electron chi connectivity index (χ1n) is 12.5. The largest absolute Gasteiger partial charge is 0.355 e. The van der Waals surface area contributed by atoms with Crippen LogP contribution >= 0.6 is 0 Å². The molecule has 5 aliphatic rings. The molecular weight excluding hydrogens is 402 g/mol. The van der Waals surface area contributed by atoms with Crippen LogP contribution in [-0.2, 0) is 16.0 Å². The molecular formula is C25H35N5O2. The number of rotatable bonds is 3. The van der Waals surface area contributed by atoms with Gasteiger partial charge in [0.2, 0.25) is 17.8 Å². The number of fused-ring (bicyclic) bond motifs is 3. The summed E-state index contributed by atoms with van der Waals surface area (Å²) in [6.07, 6.45) is 10.7. The standard InChI is InChI=1S/C25H35N5O2/c1-23(2)16-8-9-24(23,3)18(12-16)28-22-27-14-15-13-25(10-11-26-20(25)31)21(32)30(19(15)29-22)17-6-4-5-7-17/h14,16-18H,4-13H2,1-3H3,(H,26,31)(H,27,28,29)/t16-,18+,24-,25-/m1/s1. The number of nitrogens with one attached hydrogen (secondary N) is 2. The van der Waals surface area contributed by atoms with Gasteiger partial charge in [-0.1, -0.05) is 33.6 Å². The Bertz CT molecular complexity index is 987. The Hall–Kier alpha value is -2.18. The smallest absolute Gasteiger partial charge is 0.244 e. The first-order chi connectivity index (χ1) is 15.3. The van der Waals surface area contributed by atoms with Crippen LogP contribution in [0.2, 0.25) is 0 Å². The van der Waals surface area contributed by atoms with Crippen molar-refractivity contribution >= 4 is 23.6 Å². The van der Waals surface area contributed by atoms with E-state index in [9.17, 15) is 9.59 Å². The van der Waals surface area contributed by atoms with E-state index in [2.05, 4.69) is 31.4 Å². The van der Waals surface area contributed by atoms with Gasteiger partial charge in [0.1, 0.15) is 11.2 Å². The minimum absolute atomic E-state index is 0.0513. The molecule has 172 valence electrons. The third-order valence-corrected chi connectivity index (χ3v) is 10.2. The fourth-order valence-electron chi connectivity index (χ4n) is 7.65. The van der Waals surface area contributed by atoms with Gasteiger partial charge in [0.05, 0.1) is 0 Å². The third kappa shape index (κ3) is 2.54. The number of carbonyl (C=O) groups is 2. The lowest BCUT2D eigenvalue weighted by Gasteiger charge is -2.41. The van der Waals surface area contributed by atoms with E-state index >= 15 is 0 Å². The van der Waals surface area contributed by atoms with Gasteiger partial charge in [-0.15, -0.1) is 0 Å². The molecule has 1 saturated heterocycles. The monoisotopic (exact) mass is 437 g/mol. The minimum atomic E-state index is -0.976. The van der Waals surface area contributed by atoms with Crippen molar-refractivity contribution in [3.05, 3.63) is 11.8 Å². The molecule has 2 N–H and O–H groups in total. The molecule has 1 spiro atoms. The van der Waals surface area contributed by atoms with E-state index in [1.54, 1.807) is 0 Å². The Morgan fingerprint density at radius 1 is 1.12 bits per heavy atom. The summed E-state index contributed by atoms with van der Waals surface area (Å²) in [5, 5.41) is 6.57. The van der Waals surface area contributed by atoms with Gasteiger partial charge in [-0.25, -0.2) is 4.98 Å². The van der Waals surface area contributed by atoms with Gasteiger partial charge in [-0.2, -0.15) is 4.98 Å². The summed E-state index contributed by atoms with van der Waals surface area (Å²) in [7, 11) is 0. The van der Waals surface area contributed by atoms with Crippen molar-refractivity contribution in [1.82, 2.24) is 15.3 Å². The highest BCUT2D eigenvalue weighted by atomic mass is 16.2. The highest BCUT2D eigenvalue weighted by Crippen LogP contribution is 2.65. The predicted octanol–water partition coefficient (Wildman–Crippen LogP) is 3.44. The van der Waals surface area contributed by atoms with Crippen molar-refractivity contribution in [3.8, 4) is 0 Å². The van der Waals surface area contributed by atoms with Gasteiger partial charge in [0.25, 0.3) is 0 Å². The summed E-state index contributed by atoms with van der Waals surface area (Å²) < 4.78 is 0. The summed E-state index contributed by atoms with van der Waals surface area (Å²) >= 11 is 0. The van der Waals surface area contributed by atoms with E-state index in [1.807, 2.05) is 11.1 Å². The number of nitrogens with zero attached hydrogens (tertiary/aromatic N) is 3. The van der Waals surface area contributed by atoms with Gasteiger partial charge in [-0.3, -0.25) is 14.5 Å². The average molecular weight is 438 g/mol. The molecule has 2 bridgehead atoms. The molecule has 1 aromatic heterocycles. The summed E-state index contributed by atoms with van der Waals surface area (Å²) in [6.45, 7) is 7.79. The molecule has 3 saturated carbocycles. The highest BCUT2D eigenvalue weighted by molar-refractivity contribution is 6.14. The fourth-order valence-corrected chi connectivity index (χ4v) is 7.65. The van der Waals surface area contributed by atoms with E-state index in [1.165, 1.54) is 12.8 Å². The quantitative estimate of drug-likeness (QED) is 0.708. The van der Waals surface area contributed by atoms with Gasteiger partial charge in [0, 0.05) is 36.8 Å². The van der Waals surface area contributed by atoms with Crippen molar-refractivity contribution in [2.75, 3.05) is 16.8 Å². The van der Waals surface area contributed by atoms with Crippen molar-refractivity contribution in [2.24, 2.45) is 22.2 Å². The van der Waals surface area contributed by atoms with Gasteiger partial charge in [0.15, 0.2) is 0 Å². The SMILES string of the molecule is CC1(C)[C@@H]2CC[C@]1(C)[C@@H](Nc1ncc3c(n1)N(C1CCCC1)C(=O)[C@]1(CCNC1=O)C3)C2. The van der Waals surface area contributed by atoms with E-state index in [4.69, 9.17) is 9.97 Å². The van der Waals surface area contributed by atoms with Crippen molar-refractivity contribution in [2.45, 2.75) is 90.6 Å². The average Bonchev–Trinajstić information content (AvgIpc) is 3.49. The Kier molecular flexibility index (Phi) is 4.26. The van der Waals surface area contributed by atoms with Crippen LogP contribution in [0.3, 0.4) is 0 Å². The number of aromatic nitrogens is 2. The number of hydrogen-bond donors (Lipinski definition) is 2. The minimum Gasteiger partial charge on any atom is -0.355 e. The molecule has 32 heavy (non-hydrogen) atoms. The van der Waals surface area contributed by atoms with Crippen LogP contribution in [0.1, 0.15) is 77.7 Å². The molecule has 2 aliphatic heterocycles. The van der Waals surface area contributed by atoms with Crippen LogP contribution in [0.25, 0.3) is 0 Å². The number of hydrogen-bond acceptors (Lipinski definition) is 5. The zero-order valence-corrected chi connectivity index (χ0v) is 19.5. The molecule has 4 atom stereocenters. The molecule has 1 aromatic rings. The number of anilines is 2. The second-order valence-electron chi connectivity index (χ2n) is 11.7. The highest BCUT2D eigenvalue weighted by Gasteiger charge is 2.61. The molecule has 2 amide bonds. The topological polar surface area (TPSA) is 87.2 Å². The van der Waals surface area contributed by atoms with E-state index in [0.717, 1.165) is 49.4 Å². The summed E-state index contributed by atoms with van der Waals surface area (Å²) in [5.74, 6) is 1.92. The third-order valence-electron chi connectivity index (χ3n) is 10.2. The Labute approximate surface area is 190 Å². The molecule has 3 heterocycles. The van der Waals surface area contributed by atoms with Crippen LogP contribution in [0, 0.1) is 22.2 Å². The zero-order chi connectivity index (χ0) is 22.3. The second kappa shape index (κ2) is 6.67. The molecule has 0 unspecified atom stereocenters. The normalized spacial score (nSPS) is 37.9. The number of carbonyl (C=O) groups excluding carboxylic acids is 2. The van der Waals surface area contributed by atoms with E-state index in [0.29, 0.717) is 36.8 Å². The summed E-state index contributed by atoms with van der Waals surface area (Å²) in [5.41, 5.74) is 0.492. The van der Waals surface area contributed by atoms with Crippen LogP contribution in [0.4, 0.5) is 11.8 Å². The maximum absolute atomic E-state index is 13.8. The van der Waals surface area contributed by atoms with E-state index < -0.39 is 5.41 Å². The van der Waals surface area contributed by atoms with Crippen molar-refractivity contribution in [3.63, 3.8) is 0 Å². The lowest BCUT2D eigenvalue weighted by Crippen LogP contribution is -2.56. The molecule has 7 nitrogen and oxygen atoms in total. The lowest BCUT2D eigenvalue weighted by atomic mass is 9.69. The second-order valence-corrected chi connectivity index (χ2v) is 11.7. The Morgan fingerprint density at radius 3 is 2.53 bits per heavy atom. The number of amides is 2. The first-order valence-corrected chi connectivity index (χ1v) is 12.5. The maximum Gasteiger partial charge on any atom is 0.244 e. The van der Waals surface area contributed by atoms with E-state index in [-0.39, 0.29) is 23.3 Å².